The van der Waals surface area contributed by atoms with Crippen molar-refractivity contribution in [1.29, 1.82) is 0 Å². The number of esters is 1. The normalized spacial score (nSPS) is 33.7. The Morgan fingerprint density at radius 1 is 1.00 bits per heavy atom. The van der Waals surface area contributed by atoms with Gasteiger partial charge in [0.05, 0.1) is 5.41 Å². The zero-order chi connectivity index (χ0) is 17.8. The summed E-state index contributed by atoms with van der Waals surface area (Å²) in [4.78, 5) is 15.2. The topological polar surface area (TPSA) is 29.5 Å². The van der Waals surface area contributed by atoms with Crippen LogP contribution >= 0.6 is 0 Å². The quantitative estimate of drug-likeness (QED) is 0.592. The fraction of sp³-hybridized carbons (Fsp3) is 0.682. The van der Waals surface area contributed by atoms with E-state index in [0.29, 0.717) is 5.75 Å². The molecule has 0 N–H and O–H groups in total. The lowest BCUT2D eigenvalue weighted by Gasteiger charge is -2.55. The van der Waals surface area contributed by atoms with E-state index in [-0.39, 0.29) is 16.9 Å². The van der Waals surface area contributed by atoms with E-state index in [1.807, 2.05) is 12.1 Å². The fourth-order valence-corrected chi connectivity index (χ4v) is 5.76. The van der Waals surface area contributed by atoms with Gasteiger partial charge in [0.15, 0.2) is 0 Å². The summed E-state index contributed by atoms with van der Waals surface area (Å²) in [5.74, 6) is 3.02. The molecule has 0 unspecified atom stereocenters. The Bertz CT molecular complexity index is 624. The minimum atomic E-state index is -0.184. The molecule has 136 valence electrons. The lowest BCUT2D eigenvalue weighted by atomic mass is 9.49. The summed E-state index contributed by atoms with van der Waals surface area (Å²) in [5.41, 5.74) is 1.01. The van der Waals surface area contributed by atoms with Crippen LogP contribution in [0.5, 0.6) is 5.75 Å². The molecular weight excluding hydrogens is 310 g/mol. The first-order valence-corrected chi connectivity index (χ1v) is 9.79. The van der Waals surface area contributed by atoms with Crippen molar-refractivity contribution in [2.24, 2.45) is 23.2 Å². The van der Waals surface area contributed by atoms with Gasteiger partial charge in [-0.3, -0.25) is 4.79 Å². The highest BCUT2D eigenvalue weighted by atomic mass is 16.5. The van der Waals surface area contributed by atoms with Crippen LogP contribution in [0.15, 0.2) is 24.3 Å². The highest BCUT2D eigenvalue weighted by molar-refractivity contribution is 5.79. The number of nitrogens with zero attached hydrogens (tertiary/aromatic N) is 1. The molecule has 0 radical (unpaired) electrons. The zero-order valence-electron chi connectivity index (χ0n) is 16.0. The molecule has 1 aromatic rings. The number of hydrogen-bond acceptors (Lipinski definition) is 3. The zero-order valence-corrected chi connectivity index (χ0v) is 16.0. The average molecular weight is 341 g/mol. The van der Waals surface area contributed by atoms with E-state index < -0.39 is 0 Å². The molecule has 0 amide bonds. The summed E-state index contributed by atoms with van der Waals surface area (Å²) in [5, 5.41) is 0. The molecule has 0 spiro atoms. The first-order valence-electron chi connectivity index (χ1n) is 9.79. The van der Waals surface area contributed by atoms with Gasteiger partial charge in [0.2, 0.25) is 0 Å². The van der Waals surface area contributed by atoms with Crippen molar-refractivity contribution in [3.63, 3.8) is 0 Å². The van der Waals surface area contributed by atoms with Crippen LogP contribution in [0.1, 0.15) is 57.9 Å². The Balaban J connectivity index is 1.48. The van der Waals surface area contributed by atoms with Gasteiger partial charge in [0.1, 0.15) is 5.75 Å². The average Bonchev–Trinajstić information content (AvgIpc) is 2.54. The van der Waals surface area contributed by atoms with Crippen molar-refractivity contribution in [1.82, 2.24) is 4.90 Å². The molecule has 1 aromatic carbocycles. The van der Waals surface area contributed by atoms with Crippen LogP contribution in [0.3, 0.4) is 0 Å². The second kappa shape index (κ2) is 5.84. The van der Waals surface area contributed by atoms with Crippen molar-refractivity contribution in [2.45, 2.75) is 57.9 Å². The van der Waals surface area contributed by atoms with Crippen LogP contribution in [0.25, 0.3) is 0 Å². The van der Waals surface area contributed by atoms with Gasteiger partial charge in [-0.2, -0.15) is 0 Å². The molecule has 0 heterocycles. The van der Waals surface area contributed by atoms with Gasteiger partial charge in [0.25, 0.3) is 0 Å². The molecule has 25 heavy (non-hydrogen) atoms. The summed E-state index contributed by atoms with van der Waals surface area (Å²) in [7, 11) is 4.17. The van der Waals surface area contributed by atoms with Crippen molar-refractivity contribution in [2.75, 3.05) is 14.1 Å². The third-order valence-corrected chi connectivity index (χ3v) is 7.36. The predicted octanol–water partition coefficient (Wildman–Crippen LogP) is 4.61. The van der Waals surface area contributed by atoms with Crippen LogP contribution in [0.4, 0.5) is 0 Å². The van der Waals surface area contributed by atoms with E-state index in [2.05, 4.69) is 45.0 Å². The Morgan fingerprint density at radius 2 is 1.48 bits per heavy atom. The van der Waals surface area contributed by atoms with Crippen molar-refractivity contribution in [3.05, 3.63) is 29.8 Å². The van der Waals surface area contributed by atoms with Crippen LogP contribution < -0.4 is 4.74 Å². The molecule has 5 rings (SSSR count). The van der Waals surface area contributed by atoms with Gasteiger partial charge in [-0.05, 0) is 102 Å². The second-order valence-electron chi connectivity index (χ2n) is 9.57. The summed E-state index contributed by atoms with van der Waals surface area (Å²) in [6.45, 7) is 4.40. The van der Waals surface area contributed by atoms with Gasteiger partial charge in [-0.1, -0.05) is 12.1 Å². The Hall–Kier alpha value is -1.35. The molecule has 4 aliphatic rings. The van der Waals surface area contributed by atoms with Gasteiger partial charge < -0.3 is 9.64 Å². The van der Waals surface area contributed by atoms with Gasteiger partial charge >= 0.3 is 5.97 Å². The van der Waals surface area contributed by atoms with Crippen molar-refractivity contribution >= 4 is 5.97 Å². The molecule has 0 saturated heterocycles. The first-order chi connectivity index (χ1) is 11.8. The van der Waals surface area contributed by atoms with Crippen LogP contribution in [0.2, 0.25) is 0 Å². The van der Waals surface area contributed by atoms with Crippen LogP contribution in [0, 0.1) is 23.2 Å². The Kier molecular flexibility index (Phi) is 3.99. The molecule has 0 atom stereocenters. The molecule has 4 fully saturated rings. The molecule has 3 nitrogen and oxygen atoms in total. The number of carbonyl (C=O) groups excluding carboxylic acids is 1. The SMILES string of the molecule is CN(C)C(C)(C)c1ccc(OC(=O)C23CC4CC(CC(C4)C2)C3)cc1. The highest BCUT2D eigenvalue weighted by Gasteiger charge is 2.55. The maximum atomic E-state index is 13.0. The van der Waals surface area contributed by atoms with E-state index in [1.54, 1.807) is 0 Å². The lowest BCUT2D eigenvalue weighted by Crippen LogP contribution is -2.51. The second-order valence-corrected chi connectivity index (χ2v) is 9.57. The molecule has 4 saturated carbocycles. The minimum Gasteiger partial charge on any atom is -0.426 e. The summed E-state index contributed by atoms with van der Waals surface area (Å²) in [6.07, 6.45) is 7.22. The minimum absolute atomic E-state index is 0.0335. The van der Waals surface area contributed by atoms with Crippen LogP contribution in [-0.2, 0) is 10.3 Å². The highest BCUT2D eigenvalue weighted by Crippen LogP contribution is 2.60. The summed E-state index contributed by atoms with van der Waals surface area (Å²) >= 11 is 0. The molecule has 4 aliphatic carbocycles. The van der Waals surface area contributed by atoms with E-state index in [0.717, 1.165) is 37.0 Å². The molecule has 0 aliphatic heterocycles. The van der Waals surface area contributed by atoms with Gasteiger partial charge in [0, 0.05) is 5.54 Å². The first kappa shape index (κ1) is 17.1. The maximum Gasteiger partial charge on any atom is 0.317 e. The summed E-state index contributed by atoms with van der Waals surface area (Å²) in [6, 6.07) is 8.09. The van der Waals surface area contributed by atoms with Gasteiger partial charge in [-0.15, -0.1) is 0 Å². The smallest absolute Gasteiger partial charge is 0.317 e. The largest absolute Gasteiger partial charge is 0.426 e. The van der Waals surface area contributed by atoms with E-state index in [9.17, 15) is 4.79 Å². The monoisotopic (exact) mass is 341 g/mol. The van der Waals surface area contributed by atoms with E-state index in [4.69, 9.17) is 4.74 Å². The maximum absolute atomic E-state index is 13.0. The molecule has 4 bridgehead atoms. The molecular formula is C22H31NO2. The fourth-order valence-electron chi connectivity index (χ4n) is 5.76. The third kappa shape index (κ3) is 2.91. The van der Waals surface area contributed by atoms with Gasteiger partial charge in [-0.25, -0.2) is 0 Å². The van der Waals surface area contributed by atoms with Crippen molar-refractivity contribution < 1.29 is 9.53 Å². The van der Waals surface area contributed by atoms with E-state index in [1.165, 1.54) is 24.8 Å². The number of rotatable bonds is 4. The number of benzene rings is 1. The Morgan fingerprint density at radius 3 is 1.92 bits per heavy atom. The third-order valence-electron chi connectivity index (χ3n) is 7.36. The summed E-state index contributed by atoms with van der Waals surface area (Å²) < 4.78 is 5.87. The number of hydrogen-bond donors (Lipinski definition) is 0. The predicted molar refractivity (Wildman–Crippen MR) is 99.4 cm³/mol. The van der Waals surface area contributed by atoms with Crippen LogP contribution in [-0.4, -0.2) is 25.0 Å². The molecule has 3 heteroatoms. The van der Waals surface area contributed by atoms with E-state index >= 15 is 0 Å². The lowest BCUT2D eigenvalue weighted by molar-refractivity contribution is -0.161. The standard InChI is InChI=1S/C22H31NO2/c1-21(2,23(3)4)18-5-7-19(8-6-18)25-20(24)22-12-15-9-16(13-22)11-17(10-15)14-22/h5-8,15-17H,9-14H2,1-4H3. The number of ether oxygens (including phenoxy) is 1. The van der Waals surface area contributed by atoms with Crippen molar-refractivity contribution in [3.8, 4) is 5.75 Å². The number of carbonyl (C=O) groups is 1. The molecule has 0 aromatic heterocycles. The Labute approximate surface area is 151 Å².